The summed E-state index contributed by atoms with van der Waals surface area (Å²) in [5.74, 6) is 2.57. The quantitative estimate of drug-likeness (QED) is 0.791. The van der Waals surface area contributed by atoms with Crippen LogP contribution in [-0.4, -0.2) is 38.0 Å². The summed E-state index contributed by atoms with van der Waals surface area (Å²) in [4.78, 5) is 6.76. The Morgan fingerprint density at radius 2 is 2.35 bits per heavy atom. The molecule has 1 unspecified atom stereocenters. The Hall–Kier alpha value is -1.17. The van der Waals surface area contributed by atoms with Crippen molar-refractivity contribution in [3.63, 3.8) is 0 Å². The van der Waals surface area contributed by atoms with Gasteiger partial charge in [0.05, 0.1) is 0 Å². The van der Waals surface area contributed by atoms with Gasteiger partial charge in [0.2, 0.25) is 5.65 Å². The molecule has 1 aliphatic heterocycles. The number of anilines is 1. The minimum atomic E-state index is 0.709. The SMILES string of the molecule is Cc1nnc2c(N3CCC(CBr)C3)nccn12. The van der Waals surface area contributed by atoms with Crippen molar-refractivity contribution in [1.82, 2.24) is 19.6 Å². The van der Waals surface area contributed by atoms with Crippen LogP contribution in [0.4, 0.5) is 5.82 Å². The number of aryl methyl sites for hydroxylation is 1. The van der Waals surface area contributed by atoms with E-state index in [4.69, 9.17) is 0 Å². The van der Waals surface area contributed by atoms with Crippen molar-refractivity contribution in [2.24, 2.45) is 5.92 Å². The molecule has 0 aromatic carbocycles. The maximum atomic E-state index is 4.46. The third-order valence-electron chi connectivity index (χ3n) is 3.28. The molecule has 0 radical (unpaired) electrons. The van der Waals surface area contributed by atoms with Gasteiger partial charge in [-0.3, -0.25) is 4.40 Å². The van der Waals surface area contributed by atoms with Crippen molar-refractivity contribution in [2.45, 2.75) is 13.3 Å². The summed E-state index contributed by atoms with van der Waals surface area (Å²) in [6.07, 6.45) is 4.94. The van der Waals surface area contributed by atoms with Crippen LogP contribution in [0.1, 0.15) is 12.2 Å². The second-order valence-electron chi connectivity index (χ2n) is 4.45. The largest absolute Gasteiger partial charge is 0.353 e. The van der Waals surface area contributed by atoms with Crippen molar-refractivity contribution in [2.75, 3.05) is 23.3 Å². The van der Waals surface area contributed by atoms with E-state index in [0.717, 1.165) is 35.7 Å². The van der Waals surface area contributed by atoms with Crippen LogP contribution in [-0.2, 0) is 0 Å². The summed E-state index contributed by atoms with van der Waals surface area (Å²) in [5, 5.41) is 9.37. The van der Waals surface area contributed by atoms with E-state index in [0.29, 0.717) is 5.92 Å². The van der Waals surface area contributed by atoms with Crippen molar-refractivity contribution < 1.29 is 0 Å². The fraction of sp³-hybridized carbons (Fsp3) is 0.545. The highest BCUT2D eigenvalue weighted by Gasteiger charge is 2.24. The Bertz CT molecular complexity index is 538. The third kappa shape index (κ3) is 1.80. The Kier molecular flexibility index (Phi) is 2.74. The lowest BCUT2D eigenvalue weighted by molar-refractivity contribution is 0.675. The number of nitrogens with zero attached hydrogens (tertiary/aromatic N) is 5. The molecule has 0 spiro atoms. The monoisotopic (exact) mass is 295 g/mol. The first kappa shape index (κ1) is 11.0. The molecule has 90 valence electrons. The van der Waals surface area contributed by atoms with Crippen LogP contribution in [0, 0.1) is 12.8 Å². The highest BCUT2D eigenvalue weighted by molar-refractivity contribution is 9.09. The highest BCUT2D eigenvalue weighted by atomic mass is 79.9. The summed E-state index contributed by atoms with van der Waals surface area (Å²) in [7, 11) is 0. The molecule has 1 saturated heterocycles. The summed E-state index contributed by atoms with van der Waals surface area (Å²) in [6.45, 7) is 4.05. The molecule has 17 heavy (non-hydrogen) atoms. The number of alkyl halides is 1. The van der Waals surface area contributed by atoms with Crippen LogP contribution < -0.4 is 4.90 Å². The van der Waals surface area contributed by atoms with Gasteiger partial charge in [0, 0.05) is 30.8 Å². The average molecular weight is 296 g/mol. The van der Waals surface area contributed by atoms with Gasteiger partial charge in [-0.25, -0.2) is 4.98 Å². The number of rotatable bonds is 2. The summed E-state index contributed by atoms with van der Waals surface area (Å²) in [5.41, 5.74) is 0.861. The standard InChI is InChI=1S/C11H14BrN5/c1-8-14-15-11-10(13-3-5-17(8)11)16-4-2-9(6-12)7-16/h3,5,9H,2,4,6-7H2,1H3. The smallest absolute Gasteiger partial charge is 0.203 e. The average Bonchev–Trinajstić information content (AvgIpc) is 2.96. The zero-order valence-corrected chi connectivity index (χ0v) is 11.3. The predicted octanol–water partition coefficient (Wildman–Crippen LogP) is 1.65. The van der Waals surface area contributed by atoms with E-state index in [1.165, 1.54) is 6.42 Å². The molecule has 1 aliphatic rings. The number of hydrogen-bond acceptors (Lipinski definition) is 4. The molecule has 0 aliphatic carbocycles. The van der Waals surface area contributed by atoms with E-state index in [1.807, 2.05) is 23.7 Å². The lowest BCUT2D eigenvalue weighted by Crippen LogP contribution is -2.22. The van der Waals surface area contributed by atoms with E-state index in [1.54, 1.807) is 0 Å². The number of halogens is 1. The first-order chi connectivity index (χ1) is 8.29. The Morgan fingerprint density at radius 3 is 3.12 bits per heavy atom. The van der Waals surface area contributed by atoms with Gasteiger partial charge in [0.1, 0.15) is 5.82 Å². The topological polar surface area (TPSA) is 46.3 Å². The Labute approximate surface area is 108 Å². The van der Waals surface area contributed by atoms with Crippen molar-refractivity contribution in [3.8, 4) is 0 Å². The van der Waals surface area contributed by atoms with Crippen molar-refractivity contribution >= 4 is 27.4 Å². The fourth-order valence-corrected chi connectivity index (χ4v) is 2.83. The lowest BCUT2D eigenvalue weighted by Gasteiger charge is -2.17. The summed E-state index contributed by atoms with van der Waals surface area (Å²) >= 11 is 3.55. The maximum absolute atomic E-state index is 4.46. The Morgan fingerprint density at radius 1 is 1.47 bits per heavy atom. The minimum absolute atomic E-state index is 0.709. The molecule has 3 heterocycles. The number of hydrogen-bond donors (Lipinski definition) is 0. The van der Waals surface area contributed by atoms with E-state index >= 15 is 0 Å². The van der Waals surface area contributed by atoms with Crippen LogP contribution >= 0.6 is 15.9 Å². The molecule has 3 rings (SSSR count). The van der Waals surface area contributed by atoms with Gasteiger partial charge < -0.3 is 4.90 Å². The fourth-order valence-electron chi connectivity index (χ4n) is 2.30. The zero-order chi connectivity index (χ0) is 11.8. The highest BCUT2D eigenvalue weighted by Crippen LogP contribution is 2.25. The molecule has 2 aromatic rings. The Balaban J connectivity index is 2.00. The summed E-state index contributed by atoms with van der Waals surface area (Å²) < 4.78 is 1.99. The first-order valence-corrected chi connectivity index (χ1v) is 6.89. The molecule has 0 saturated carbocycles. The van der Waals surface area contributed by atoms with Crippen LogP contribution in [0.15, 0.2) is 12.4 Å². The molecular formula is C11H14BrN5. The summed E-state index contributed by atoms with van der Waals surface area (Å²) in [6, 6.07) is 0. The molecule has 5 nitrogen and oxygen atoms in total. The van der Waals surface area contributed by atoms with Gasteiger partial charge >= 0.3 is 0 Å². The van der Waals surface area contributed by atoms with Crippen molar-refractivity contribution in [1.29, 1.82) is 0 Å². The van der Waals surface area contributed by atoms with E-state index in [2.05, 4.69) is 36.0 Å². The van der Waals surface area contributed by atoms with E-state index in [-0.39, 0.29) is 0 Å². The van der Waals surface area contributed by atoms with Crippen molar-refractivity contribution in [3.05, 3.63) is 18.2 Å². The van der Waals surface area contributed by atoms with Gasteiger partial charge in [0.25, 0.3) is 0 Å². The van der Waals surface area contributed by atoms with E-state index < -0.39 is 0 Å². The van der Waals surface area contributed by atoms with Gasteiger partial charge in [-0.15, -0.1) is 10.2 Å². The molecule has 0 amide bonds. The molecule has 0 N–H and O–H groups in total. The van der Waals surface area contributed by atoms with Gasteiger partial charge in [-0.05, 0) is 19.3 Å². The van der Waals surface area contributed by atoms with Gasteiger partial charge in [-0.1, -0.05) is 15.9 Å². The molecule has 0 bridgehead atoms. The van der Waals surface area contributed by atoms with Crippen LogP contribution in [0.25, 0.3) is 5.65 Å². The number of fused-ring (bicyclic) bond motifs is 1. The van der Waals surface area contributed by atoms with Gasteiger partial charge in [0.15, 0.2) is 5.82 Å². The van der Waals surface area contributed by atoms with E-state index in [9.17, 15) is 0 Å². The second kappa shape index (κ2) is 4.25. The van der Waals surface area contributed by atoms with Crippen LogP contribution in [0.5, 0.6) is 0 Å². The molecule has 1 fully saturated rings. The number of aromatic nitrogens is 4. The second-order valence-corrected chi connectivity index (χ2v) is 5.09. The molecule has 2 aromatic heterocycles. The van der Waals surface area contributed by atoms with Gasteiger partial charge in [-0.2, -0.15) is 0 Å². The lowest BCUT2D eigenvalue weighted by atomic mass is 10.2. The normalized spacial score (nSPS) is 20.4. The van der Waals surface area contributed by atoms with Crippen LogP contribution in [0.2, 0.25) is 0 Å². The first-order valence-electron chi connectivity index (χ1n) is 5.77. The molecular weight excluding hydrogens is 282 g/mol. The van der Waals surface area contributed by atoms with Crippen LogP contribution in [0.3, 0.4) is 0 Å². The molecule has 6 heteroatoms. The maximum Gasteiger partial charge on any atom is 0.203 e. The predicted molar refractivity (Wildman–Crippen MR) is 69.6 cm³/mol. The minimum Gasteiger partial charge on any atom is -0.353 e. The third-order valence-corrected chi connectivity index (χ3v) is 4.20. The zero-order valence-electron chi connectivity index (χ0n) is 9.67. The molecule has 1 atom stereocenters.